The number of likely N-dealkylation sites (tertiary alicyclic amines) is 1. The highest BCUT2D eigenvalue weighted by atomic mass is 127. The highest BCUT2D eigenvalue weighted by Crippen LogP contribution is 2.38. The van der Waals surface area contributed by atoms with Gasteiger partial charge in [0, 0.05) is 5.92 Å². The third-order valence-electron chi connectivity index (χ3n) is 4.94. The SMILES string of the molecule is CCCC[N+]1(C)CCCC2CCCCC21.[I-]. The molecular weight excluding hydrogens is 309 g/mol. The zero-order valence-corrected chi connectivity index (χ0v) is 13.2. The van der Waals surface area contributed by atoms with E-state index in [1.54, 1.807) is 0 Å². The Hall–Kier alpha value is 0.690. The molecule has 3 atom stereocenters. The van der Waals surface area contributed by atoms with Crippen LogP contribution >= 0.6 is 0 Å². The third kappa shape index (κ3) is 3.12. The van der Waals surface area contributed by atoms with Crippen molar-refractivity contribution < 1.29 is 28.5 Å². The maximum Gasteiger partial charge on any atom is 0.0916 e. The molecule has 0 aromatic carbocycles. The highest BCUT2D eigenvalue weighted by Gasteiger charge is 2.42. The standard InChI is InChI=1S/C14H28N.HI/c1-3-4-11-15(2)12-7-9-13-8-5-6-10-14(13)15;/h13-14H,3-12H2,1-2H3;1H/q+1;/p-1. The largest absolute Gasteiger partial charge is 1.00 e. The van der Waals surface area contributed by atoms with Gasteiger partial charge in [0.15, 0.2) is 0 Å². The van der Waals surface area contributed by atoms with E-state index in [1.165, 1.54) is 68.9 Å². The van der Waals surface area contributed by atoms with Crippen LogP contribution in [0.2, 0.25) is 0 Å². The highest BCUT2D eigenvalue weighted by molar-refractivity contribution is 4.80. The van der Waals surface area contributed by atoms with Crippen LogP contribution in [0.25, 0.3) is 0 Å². The first kappa shape index (κ1) is 14.7. The molecule has 0 N–H and O–H groups in total. The summed E-state index contributed by atoms with van der Waals surface area (Å²) in [5.74, 6) is 1.08. The number of piperidine rings is 1. The average Bonchev–Trinajstić information content (AvgIpc) is 2.27. The maximum atomic E-state index is 2.54. The zero-order chi connectivity index (χ0) is 10.7. The minimum Gasteiger partial charge on any atom is -1.00 e. The van der Waals surface area contributed by atoms with Crippen molar-refractivity contribution in [3.05, 3.63) is 0 Å². The molecule has 16 heavy (non-hydrogen) atoms. The van der Waals surface area contributed by atoms with Gasteiger partial charge in [0.25, 0.3) is 0 Å². The lowest BCUT2D eigenvalue weighted by Crippen LogP contribution is -3.00. The normalized spacial score (nSPS) is 38.6. The number of fused-ring (bicyclic) bond motifs is 1. The summed E-state index contributed by atoms with van der Waals surface area (Å²) in [5, 5.41) is 0. The van der Waals surface area contributed by atoms with Gasteiger partial charge < -0.3 is 28.5 Å². The summed E-state index contributed by atoms with van der Waals surface area (Å²) >= 11 is 0. The van der Waals surface area contributed by atoms with Crippen LogP contribution in [0, 0.1) is 5.92 Å². The van der Waals surface area contributed by atoms with Crippen molar-refractivity contribution in [2.45, 2.75) is 64.3 Å². The van der Waals surface area contributed by atoms with Crippen molar-refractivity contribution in [1.29, 1.82) is 0 Å². The van der Waals surface area contributed by atoms with Crippen molar-refractivity contribution in [3.63, 3.8) is 0 Å². The molecular formula is C14H28IN. The lowest BCUT2D eigenvalue weighted by Gasteiger charge is -2.50. The monoisotopic (exact) mass is 337 g/mol. The average molecular weight is 337 g/mol. The fraction of sp³-hybridized carbons (Fsp3) is 1.00. The number of nitrogens with zero attached hydrogens (tertiary/aromatic N) is 1. The van der Waals surface area contributed by atoms with E-state index in [-0.39, 0.29) is 24.0 Å². The van der Waals surface area contributed by atoms with Gasteiger partial charge in [-0.3, -0.25) is 0 Å². The Bertz CT molecular complexity index is 205. The van der Waals surface area contributed by atoms with E-state index in [0.717, 1.165) is 12.0 Å². The van der Waals surface area contributed by atoms with E-state index in [2.05, 4.69) is 14.0 Å². The van der Waals surface area contributed by atoms with Gasteiger partial charge in [-0.1, -0.05) is 19.8 Å². The predicted octanol–water partition coefficient (Wildman–Crippen LogP) is 0.590. The van der Waals surface area contributed by atoms with Crippen LogP contribution < -0.4 is 24.0 Å². The van der Waals surface area contributed by atoms with Gasteiger partial charge in [-0.25, -0.2) is 0 Å². The summed E-state index contributed by atoms with van der Waals surface area (Å²) < 4.78 is 1.42. The van der Waals surface area contributed by atoms with Gasteiger partial charge in [-0.05, 0) is 38.5 Å². The predicted molar refractivity (Wildman–Crippen MR) is 65.8 cm³/mol. The molecule has 3 unspecified atom stereocenters. The molecule has 0 spiro atoms. The Labute approximate surface area is 119 Å². The molecule has 0 aromatic heterocycles. The number of halogens is 1. The van der Waals surface area contributed by atoms with Crippen LogP contribution in [0.4, 0.5) is 0 Å². The fourth-order valence-electron chi connectivity index (χ4n) is 4.02. The van der Waals surface area contributed by atoms with Crippen LogP contribution in [0.1, 0.15) is 58.3 Å². The third-order valence-corrected chi connectivity index (χ3v) is 4.94. The van der Waals surface area contributed by atoms with Crippen LogP contribution in [-0.2, 0) is 0 Å². The zero-order valence-electron chi connectivity index (χ0n) is 11.1. The molecule has 1 heterocycles. The van der Waals surface area contributed by atoms with E-state index < -0.39 is 0 Å². The van der Waals surface area contributed by atoms with Crippen LogP contribution in [0.15, 0.2) is 0 Å². The second-order valence-corrected chi connectivity index (χ2v) is 6.03. The molecule has 0 bridgehead atoms. The van der Waals surface area contributed by atoms with E-state index in [4.69, 9.17) is 0 Å². The molecule has 1 nitrogen and oxygen atoms in total. The Morgan fingerprint density at radius 1 is 1.06 bits per heavy atom. The number of hydrogen-bond acceptors (Lipinski definition) is 0. The van der Waals surface area contributed by atoms with Crippen molar-refractivity contribution in [1.82, 2.24) is 0 Å². The molecule has 2 aliphatic rings. The molecule has 0 radical (unpaired) electrons. The van der Waals surface area contributed by atoms with Crippen LogP contribution in [0.3, 0.4) is 0 Å². The van der Waals surface area contributed by atoms with Crippen LogP contribution in [-0.4, -0.2) is 30.7 Å². The van der Waals surface area contributed by atoms with Gasteiger partial charge in [0.05, 0.1) is 26.2 Å². The summed E-state index contributed by atoms with van der Waals surface area (Å²) in [6.07, 6.45) is 11.9. The van der Waals surface area contributed by atoms with Gasteiger partial charge in [0.1, 0.15) is 0 Å². The topological polar surface area (TPSA) is 0 Å². The molecule has 2 fully saturated rings. The lowest BCUT2D eigenvalue weighted by molar-refractivity contribution is -0.943. The molecule has 96 valence electrons. The van der Waals surface area contributed by atoms with Crippen molar-refractivity contribution >= 4 is 0 Å². The minimum atomic E-state index is 0. The first-order valence-corrected chi connectivity index (χ1v) is 7.10. The Balaban J connectivity index is 0.00000128. The summed E-state index contributed by atoms with van der Waals surface area (Å²) in [7, 11) is 2.54. The summed E-state index contributed by atoms with van der Waals surface area (Å²) in [4.78, 5) is 0. The molecule has 0 aromatic rings. The number of unbranched alkanes of at least 4 members (excludes halogenated alkanes) is 1. The number of hydrogen-bond donors (Lipinski definition) is 0. The van der Waals surface area contributed by atoms with E-state index in [1.807, 2.05) is 0 Å². The first-order chi connectivity index (χ1) is 7.26. The Kier molecular flexibility index (Phi) is 6.06. The van der Waals surface area contributed by atoms with Gasteiger partial charge in [-0.15, -0.1) is 0 Å². The molecule has 1 aliphatic carbocycles. The second-order valence-electron chi connectivity index (χ2n) is 6.03. The number of rotatable bonds is 3. The summed E-state index contributed by atoms with van der Waals surface area (Å²) in [6.45, 7) is 5.23. The van der Waals surface area contributed by atoms with E-state index in [9.17, 15) is 0 Å². The van der Waals surface area contributed by atoms with E-state index >= 15 is 0 Å². The number of quaternary nitrogens is 1. The quantitative estimate of drug-likeness (QED) is 0.522. The second kappa shape index (κ2) is 6.58. The molecule has 1 aliphatic heterocycles. The molecule has 0 amide bonds. The van der Waals surface area contributed by atoms with Gasteiger partial charge in [-0.2, -0.15) is 0 Å². The van der Waals surface area contributed by atoms with Gasteiger partial charge >= 0.3 is 0 Å². The molecule has 2 heteroatoms. The Morgan fingerprint density at radius 2 is 1.75 bits per heavy atom. The minimum absolute atomic E-state index is 0. The van der Waals surface area contributed by atoms with E-state index in [0.29, 0.717) is 0 Å². The maximum absolute atomic E-state index is 2.54. The van der Waals surface area contributed by atoms with Gasteiger partial charge in [0.2, 0.25) is 0 Å². The van der Waals surface area contributed by atoms with Crippen molar-refractivity contribution in [3.8, 4) is 0 Å². The smallest absolute Gasteiger partial charge is 0.0916 e. The van der Waals surface area contributed by atoms with Crippen molar-refractivity contribution in [2.24, 2.45) is 5.92 Å². The van der Waals surface area contributed by atoms with Crippen molar-refractivity contribution in [2.75, 3.05) is 20.1 Å². The Morgan fingerprint density at radius 3 is 2.50 bits per heavy atom. The molecule has 1 saturated carbocycles. The summed E-state index contributed by atoms with van der Waals surface area (Å²) in [5.41, 5.74) is 0. The lowest BCUT2D eigenvalue weighted by atomic mass is 9.77. The van der Waals surface area contributed by atoms with Crippen LogP contribution in [0.5, 0.6) is 0 Å². The molecule has 1 saturated heterocycles. The summed E-state index contributed by atoms with van der Waals surface area (Å²) in [6, 6.07) is 1.03. The first-order valence-electron chi connectivity index (χ1n) is 7.10. The molecule has 2 rings (SSSR count). The fourth-order valence-corrected chi connectivity index (χ4v) is 4.02.